The summed E-state index contributed by atoms with van der Waals surface area (Å²) in [4.78, 5) is 0. The lowest BCUT2D eigenvalue weighted by atomic mass is 9.86. The van der Waals surface area contributed by atoms with Crippen LogP contribution in [-0.2, 0) is 6.42 Å². The number of nitriles is 1. The molecule has 0 spiro atoms. The number of benzene rings is 1. The zero-order valence-electron chi connectivity index (χ0n) is 10.6. The van der Waals surface area contributed by atoms with E-state index in [0.29, 0.717) is 11.5 Å². The van der Waals surface area contributed by atoms with Crippen molar-refractivity contribution in [3.05, 3.63) is 59.2 Å². The second kappa shape index (κ2) is 5.66. The number of allylic oxidation sites excluding steroid dienone is 3. The lowest BCUT2D eigenvalue weighted by Crippen LogP contribution is -2.29. The van der Waals surface area contributed by atoms with Gasteiger partial charge in [-0.3, -0.25) is 0 Å². The van der Waals surface area contributed by atoms with Crippen molar-refractivity contribution in [2.75, 3.05) is 0 Å². The van der Waals surface area contributed by atoms with E-state index in [4.69, 9.17) is 11.0 Å². The summed E-state index contributed by atoms with van der Waals surface area (Å²) >= 11 is 0. The first-order chi connectivity index (χ1) is 8.70. The van der Waals surface area contributed by atoms with Gasteiger partial charge in [0.1, 0.15) is 0 Å². The Kier molecular flexibility index (Phi) is 3.96. The Balaban J connectivity index is 2.06. The quantitative estimate of drug-likeness (QED) is 0.880. The maximum atomic E-state index is 8.76. The van der Waals surface area contributed by atoms with Crippen molar-refractivity contribution in [2.24, 2.45) is 11.7 Å². The molecule has 0 saturated carbocycles. The van der Waals surface area contributed by atoms with Gasteiger partial charge in [-0.05, 0) is 36.5 Å². The van der Waals surface area contributed by atoms with E-state index in [1.807, 2.05) is 24.3 Å². The Morgan fingerprint density at radius 1 is 1.39 bits per heavy atom. The molecule has 0 aromatic heterocycles. The second-order valence-electron chi connectivity index (χ2n) is 4.85. The summed E-state index contributed by atoms with van der Waals surface area (Å²) in [7, 11) is 0. The fraction of sp³-hybridized carbons (Fsp3) is 0.312. The van der Waals surface area contributed by atoms with Crippen LogP contribution >= 0.6 is 0 Å². The molecule has 0 aliphatic heterocycles. The molecule has 2 rings (SSSR count). The van der Waals surface area contributed by atoms with Crippen molar-refractivity contribution in [3.63, 3.8) is 0 Å². The third-order valence-corrected chi connectivity index (χ3v) is 3.45. The molecule has 1 aromatic rings. The Labute approximate surface area is 108 Å². The molecule has 1 aliphatic carbocycles. The second-order valence-corrected chi connectivity index (χ2v) is 4.85. The van der Waals surface area contributed by atoms with Gasteiger partial charge in [0.25, 0.3) is 0 Å². The first-order valence-electron chi connectivity index (χ1n) is 6.32. The van der Waals surface area contributed by atoms with Crippen molar-refractivity contribution in [3.8, 4) is 6.07 Å². The third-order valence-electron chi connectivity index (χ3n) is 3.45. The minimum atomic E-state index is 0.0675. The minimum absolute atomic E-state index is 0.0675. The summed E-state index contributed by atoms with van der Waals surface area (Å²) in [6.07, 6.45) is 8.32. The molecule has 2 heteroatoms. The molecule has 0 bridgehead atoms. The Bertz CT molecular complexity index is 503. The number of hydrogen-bond donors (Lipinski definition) is 1. The molecule has 0 fully saturated rings. The number of rotatable bonds is 3. The van der Waals surface area contributed by atoms with Gasteiger partial charge in [-0.25, -0.2) is 0 Å². The summed E-state index contributed by atoms with van der Waals surface area (Å²) in [5.74, 6) is 0.531. The van der Waals surface area contributed by atoms with Crippen LogP contribution in [0.4, 0.5) is 0 Å². The van der Waals surface area contributed by atoms with Gasteiger partial charge in [0.05, 0.1) is 11.6 Å². The van der Waals surface area contributed by atoms with Crippen LogP contribution in [0.15, 0.2) is 48.1 Å². The van der Waals surface area contributed by atoms with E-state index in [-0.39, 0.29) is 6.04 Å². The summed E-state index contributed by atoms with van der Waals surface area (Å²) < 4.78 is 0. The Morgan fingerprint density at radius 3 is 2.72 bits per heavy atom. The van der Waals surface area contributed by atoms with Gasteiger partial charge in [-0.2, -0.15) is 5.26 Å². The largest absolute Gasteiger partial charge is 0.324 e. The molecular formula is C16H18N2. The Hall–Kier alpha value is -1.85. The van der Waals surface area contributed by atoms with Crippen LogP contribution in [0, 0.1) is 17.2 Å². The van der Waals surface area contributed by atoms with Crippen LogP contribution in [0.2, 0.25) is 0 Å². The smallest absolute Gasteiger partial charge is 0.0991 e. The van der Waals surface area contributed by atoms with Crippen molar-refractivity contribution in [1.29, 1.82) is 5.26 Å². The molecule has 1 aromatic carbocycles. The van der Waals surface area contributed by atoms with Crippen molar-refractivity contribution >= 4 is 0 Å². The summed E-state index contributed by atoms with van der Waals surface area (Å²) in [5, 5.41) is 8.76. The SMILES string of the molecule is CC1CC=CC=C1[C@@H](N)Cc1ccc(C#N)cc1. The predicted octanol–water partition coefficient (Wildman–Crippen LogP) is 2.95. The molecule has 92 valence electrons. The van der Waals surface area contributed by atoms with Crippen LogP contribution in [0.3, 0.4) is 0 Å². The first-order valence-corrected chi connectivity index (χ1v) is 6.32. The summed E-state index contributed by atoms with van der Waals surface area (Å²) in [6.45, 7) is 2.22. The van der Waals surface area contributed by atoms with Crippen LogP contribution in [0.5, 0.6) is 0 Å². The summed E-state index contributed by atoms with van der Waals surface area (Å²) in [5.41, 5.74) is 9.47. The highest BCUT2D eigenvalue weighted by Crippen LogP contribution is 2.23. The van der Waals surface area contributed by atoms with Gasteiger partial charge in [0.2, 0.25) is 0 Å². The number of nitrogens with two attached hydrogens (primary N) is 1. The zero-order valence-corrected chi connectivity index (χ0v) is 10.6. The fourth-order valence-corrected chi connectivity index (χ4v) is 2.34. The molecule has 0 radical (unpaired) electrons. The predicted molar refractivity (Wildman–Crippen MR) is 73.8 cm³/mol. The zero-order chi connectivity index (χ0) is 13.0. The van der Waals surface area contributed by atoms with E-state index >= 15 is 0 Å². The minimum Gasteiger partial charge on any atom is -0.324 e. The lowest BCUT2D eigenvalue weighted by molar-refractivity contribution is 0.597. The standard InChI is InChI=1S/C16H18N2/c1-12-4-2-3-5-15(12)16(18)10-13-6-8-14(11-17)9-7-13/h2-3,5-9,12,16H,4,10,18H2,1H3/t12?,16-/m0/s1. The average Bonchev–Trinajstić information content (AvgIpc) is 2.40. The van der Waals surface area contributed by atoms with E-state index < -0.39 is 0 Å². The van der Waals surface area contributed by atoms with Crippen molar-refractivity contribution in [2.45, 2.75) is 25.8 Å². The Morgan fingerprint density at radius 2 is 2.11 bits per heavy atom. The molecule has 18 heavy (non-hydrogen) atoms. The molecule has 0 saturated heterocycles. The first kappa shape index (κ1) is 12.6. The normalized spacial score (nSPS) is 20.1. The summed E-state index contributed by atoms with van der Waals surface area (Å²) in [6, 6.07) is 9.87. The highest BCUT2D eigenvalue weighted by molar-refractivity contribution is 5.33. The topological polar surface area (TPSA) is 49.8 Å². The average molecular weight is 238 g/mol. The third kappa shape index (κ3) is 2.88. The molecule has 1 unspecified atom stereocenters. The van der Waals surface area contributed by atoms with Gasteiger partial charge < -0.3 is 5.73 Å². The number of hydrogen-bond acceptors (Lipinski definition) is 2. The van der Waals surface area contributed by atoms with Gasteiger partial charge >= 0.3 is 0 Å². The van der Waals surface area contributed by atoms with E-state index in [2.05, 4.69) is 31.2 Å². The molecule has 2 nitrogen and oxygen atoms in total. The highest BCUT2D eigenvalue weighted by atomic mass is 14.6. The molecule has 2 N–H and O–H groups in total. The highest BCUT2D eigenvalue weighted by Gasteiger charge is 2.17. The maximum absolute atomic E-state index is 8.76. The van der Waals surface area contributed by atoms with Crippen LogP contribution < -0.4 is 5.73 Å². The lowest BCUT2D eigenvalue weighted by Gasteiger charge is -2.23. The van der Waals surface area contributed by atoms with Crippen molar-refractivity contribution in [1.82, 2.24) is 0 Å². The van der Waals surface area contributed by atoms with E-state index in [0.717, 1.165) is 12.8 Å². The molecule has 0 heterocycles. The van der Waals surface area contributed by atoms with Gasteiger partial charge in [0, 0.05) is 6.04 Å². The van der Waals surface area contributed by atoms with E-state index in [1.165, 1.54) is 11.1 Å². The van der Waals surface area contributed by atoms with Crippen molar-refractivity contribution < 1.29 is 0 Å². The molecule has 1 aliphatic rings. The van der Waals surface area contributed by atoms with Crippen LogP contribution in [0.1, 0.15) is 24.5 Å². The van der Waals surface area contributed by atoms with Gasteiger partial charge in [0.15, 0.2) is 0 Å². The monoisotopic (exact) mass is 238 g/mol. The fourth-order valence-electron chi connectivity index (χ4n) is 2.34. The molecule has 2 atom stereocenters. The number of nitrogens with zero attached hydrogens (tertiary/aromatic N) is 1. The van der Waals surface area contributed by atoms with Crippen LogP contribution in [0.25, 0.3) is 0 Å². The maximum Gasteiger partial charge on any atom is 0.0991 e. The van der Waals surface area contributed by atoms with E-state index in [9.17, 15) is 0 Å². The molecule has 0 amide bonds. The van der Waals surface area contributed by atoms with Gasteiger partial charge in [-0.1, -0.05) is 42.9 Å². The van der Waals surface area contributed by atoms with Crippen LogP contribution in [-0.4, -0.2) is 6.04 Å². The molecular weight excluding hydrogens is 220 g/mol. The van der Waals surface area contributed by atoms with Gasteiger partial charge in [-0.15, -0.1) is 0 Å². The van der Waals surface area contributed by atoms with E-state index in [1.54, 1.807) is 0 Å².